The summed E-state index contributed by atoms with van der Waals surface area (Å²) in [6, 6.07) is 23.8. The number of rotatable bonds is 2. The molecule has 0 radical (unpaired) electrons. The van der Waals surface area contributed by atoms with Gasteiger partial charge in [-0.2, -0.15) is 0 Å². The van der Waals surface area contributed by atoms with E-state index in [0.717, 1.165) is 16.8 Å². The van der Waals surface area contributed by atoms with Gasteiger partial charge in [0.05, 0.1) is 0 Å². The van der Waals surface area contributed by atoms with Crippen LogP contribution in [0.2, 0.25) is 0 Å². The smallest absolute Gasteiger partial charge is 0.0473 e. The molecule has 1 heteroatoms. The average molecular weight is 358 g/mol. The van der Waals surface area contributed by atoms with Gasteiger partial charge in [-0.15, -0.1) is 0 Å². The lowest BCUT2D eigenvalue weighted by Gasteiger charge is -2.21. The Morgan fingerprint density at radius 3 is 1.30 bits per heavy atom. The summed E-state index contributed by atoms with van der Waals surface area (Å²) in [7, 11) is 0. The maximum atomic E-state index is 6.67. The van der Waals surface area contributed by atoms with Crippen LogP contribution in [0.4, 0.5) is 5.69 Å². The summed E-state index contributed by atoms with van der Waals surface area (Å²) in [6.07, 6.45) is 0. The Balaban J connectivity index is 2.11. The van der Waals surface area contributed by atoms with E-state index in [2.05, 4.69) is 108 Å². The zero-order valence-electron chi connectivity index (χ0n) is 17.4. The zero-order valence-corrected chi connectivity index (χ0v) is 17.4. The molecule has 0 aliphatic carbocycles. The maximum Gasteiger partial charge on any atom is 0.0473 e. The molecule has 27 heavy (non-hydrogen) atoms. The average Bonchev–Trinajstić information content (AvgIpc) is 2.61. The highest BCUT2D eigenvalue weighted by Gasteiger charge is 2.17. The first kappa shape index (κ1) is 19.2. The summed E-state index contributed by atoms with van der Waals surface area (Å²) in [5.41, 5.74) is 14.9. The second-order valence-electron chi connectivity index (χ2n) is 9.43. The van der Waals surface area contributed by atoms with Crippen LogP contribution in [0.25, 0.3) is 22.3 Å². The molecule has 0 atom stereocenters. The van der Waals surface area contributed by atoms with Crippen LogP contribution >= 0.6 is 0 Å². The van der Waals surface area contributed by atoms with Gasteiger partial charge in [0.15, 0.2) is 0 Å². The van der Waals surface area contributed by atoms with E-state index >= 15 is 0 Å². The van der Waals surface area contributed by atoms with Crippen LogP contribution < -0.4 is 5.73 Å². The second kappa shape index (κ2) is 6.88. The monoisotopic (exact) mass is 357 g/mol. The van der Waals surface area contributed by atoms with Crippen molar-refractivity contribution < 1.29 is 0 Å². The third-order valence-electron chi connectivity index (χ3n) is 5.19. The fourth-order valence-electron chi connectivity index (χ4n) is 3.38. The molecule has 0 unspecified atom stereocenters. The van der Waals surface area contributed by atoms with Gasteiger partial charge in [0.2, 0.25) is 0 Å². The molecule has 0 heterocycles. The van der Waals surface area contributed by atoms with Crippen molar-refractivity contribution in [2.75, 3.05) is 5.73 Å². The molecular weight excluding hydrogens is 326 g/mol. The first-order chi connectivity index (χ1) is 12.6. The standard InChI is InChI=1S/C26H31N/c1-25(2,3)20-12-7-10-18(16-20)22-14-9-15-23(24(22)27)19-11-8-13-21(17-19)26(4,5)6/h7-17H,27H2,1-6H3. The lowest BCUT2D eigenvalue weighted by Crippen LogP contribution is -2.11. The summed E-state index contributed by atoms with van der Waals surface area (Å²) in [5, 5.41) is 0. The van der Waals surface area contributed by atoms with Crippen LogP contribution in [0.3, 0.4) is 0 Å². The predicted octanol–water partition coefficient (Wildman–Crippen LogP) is 7.20. The molecule has 140 valence electrons. The SMILES string of the molecule is CC(C)(C)c1cccc(-c2cccc(-c3cccc(C(C)(C)C)c3)c2N)c1. The van der Waals surface area contributed by atoms with Crippen LogP contribution in [-0.4, -0.2) is 0 Å². The molecule has 0 aliphatic rings. The third kappa shape index (κ3) is 4.08. The number of hydrogen-bond donors (Lipinski definition) is 1. The van der Waals surface area contributed by atoms with Crippen LogP contribution in [0.5, 0.6) is 0 Å². The fraction of sp³-hybridized carbons (Fsp3) is 0.308. The van der Waals surface area contributed by atoms with Gasteiger partial charge in [-0.05, 0) is 33.1 Å². The van der Waals surface area contributed by atoms with Crippen molar-refractivity contribution in [3.8, 4) is 22.3 Å². The van der Waals surface area contributed by atoms with Gasteiger partial charge in [0.25, 0.3) is 0 Å². The van der Waals surface area contributed by atoms with E-state index in [1.54, 1.807) is 0 Å². The molecule has 0 saturated carbocycles. The third-order valence-corrected chi connectivity index (χ3v) is 5.19. The largest absolute Gasteiger partial charge is 0.398 e. The molecule has 3 aromatic rings. The van der Waals surface area contributed by atoms with Crippen molar-refractivity contribution in [3.05, 3.63) is 77.9 Å². The van der Waals surface area contributed by atoms with Gasteiger partial charge in [0.1, 0.15) is 0 Å². The number of anilines is 1. The van der Waals surface area contributed by atoms with Gasteiger partial charge in [-0.3, -0.25) is 0 Å². The Kier molecular flexibility index (Phi) is 4.90. The minimum Gasteiger partial charge on any atom is -0.398 e. The van der Waals surface area contributed by atoms with Crippen LogP contribution in [0.15, 0.2) is 66.7 Å². The molecule has 3 rings (SSSR count). The minimum absolute atomic E-state index is 0.115. The van der Waals surface area contributed by atoms with E-state index in [0.29, 0.717) is 0 Å². The highest BCUT2D eigenvalue weighted by molar-refractivity contribution is 5.89. The normalized spacial score (nSPS) is 12.2. The van der Waals surface area contributed by atoms with Crippen molar-refractivity contribution in [3.63, 3.8) is 0 Å². The minimum atomic E-state index is 0.115. The zero-order chi connectivity index (χ0) is 19.8. The Hall–Kier alpha value is -2.54. The molecule has 0 amide bonds. The molecule has 0 bridgehead atoms. The molecule has 1 nitrogen and oxygen atoms in total. The summed E-state index contributed by atoms with van der Waals surface area (Å²) in [5.74, 6) is 0. The number of para-hydroxylation sites is 1. The predicted molar refractivity (Wildman–Crippen MR) is 119 cm³/mol. The van der Waals surface area contributed by atoms with Gasteiger partial charge in [-0.1, -0.05) is 108 Å². The van der Waals surface area contributed by atoms with Crippen LogP contribution in [0, 0.1) is 0 Å². The Morgan fingerprint density at radius 2 is 0.926 bits per heavy atom. The van der Waals surface area contributed by atoms with E-state index in [1.807, 2.05) is 0 Å². The highest BCUT2D eigenvalue weighted by atomic mass is 14.6. The van der Waals surface area contributed by atoms with E-state index in [4.69, 9.17) is 5.73 Å². The molecule has 0 aliphatic heterocycles. The molecule has 0 spiro atoms. The molecule has 3 aromatic carbocycles. The lowest BCUT2D eigenvalue weighted by molar-refractivity contribution is 0.590. The molecule has 2 N–H and O–H groups in total. The Bertz CT molecular complexity index is 877. The number of nitrogens with two attached hydrogens (primary N) is 1. The Labute approximate surface area is 164 Å². The molecule has 0 aromatic heterocycles. The number of nitrogen functional groups attached to an aromatic ring is 1. The first-order valence-electron chi connectivity index (χ1n) is 9.68. The van der Waals surface area contributed by atoms with E-state index in [9.17, 15) is 0 Å². The van der Waals surface area contributed by atoms with Crippen molar-refractivity contribution in [1.82, 2.24) is 0 Å². The molecule has 0 fully saturated rings. The fourth-order valence-corrected chi connectivity index (χ4v) is 3.38. The van der Waals surface area contributed by atoms with Crippen LogP contribution in [-0.2, 0) is 10.8 Å². The quantitative estimate of drug-likeness (QED) is 0.482. The van der Waals surface area contributed by atoms with Gasteiger partial charge >= 0.3 is 0 Å². The second-order valence-corrected chi connectivity index (χ2v) is 9.43. The van der Waals surface area contributed by atoms with Crippen molar-refractivity contribution in [2.45, 2.75) is 52.4 Å². The topological polar surface area (TPSA) is 26.0 Å². The van der Waals surface area contributed by atoms with Gasteiger partial charge in [0, 0.05) is 16.8 Å². The van der Waals surface area contributed by atoms with Gasteiger partial charge in [-0.25, -0.2) is 0 Å². The van der Waals surface area contributed by atoms with Gasteiger partial charge < -0.3 is 5.73 Å². The van der Waals surface area contributed by atoms with Crippen molar-refractivity contribution in [1.29, 1.82) is 0 Å². The number of benzene rings is 3. The summed E-state index contributed by atoms with van der Waals surface area (Å²) < 4.78 is 0. The first-order valence-corrected chi connectivity index (χ1v) is 9.68. The lowest BCUT2D eigenvalue weighted by atomic mass is 9.84. The van der Waals surface area contributed by atoms with Crippen molar-refractivity contribution >= 4 is 5.69 Å². The van der Waals surface area contributed by atoms with E-state index < -0.39 is 0 Å². The Morgan fingerprint density at radius 1 is 0.556 bits per heavy atom. The molecular formula is C26H31N. The summed E-state index contributed by atoms with van der Waals surface area (Å²) in [4.78, 5) is 0. The molecule has 0 saturated heterocycles. The number of hydrogen-bond acceptors (Lipinski definition) is 1. The van der Waals surface area contributed by atoms with Crippen molar-refractivity contribution in [2.24, 2.45) is 0 Å². The summed E-state index contributed by atoms with van der Waals surface area (Å²) >= 11 is 0. The highest BCUT2D eigenvalue weighted by Crippen LogP contribution is 2.37. The van der Waals surface area contributed by atoms with E-state index in [1.165, 1.54) is 22.3 Å². The van der Waals surface area contributed by atoms with E-state index in [-0.39, 0.29) is 10.8 Å². The summed E-state index contributed by atoms with van der Waals surface area (Å²) in [6.45, 7) is 13.4. The van der Waals surface area contributed by atoms with Crippen LogP contribution in [0.1, 0.15) is 52.7 Å². The maximum absolute atomic E-state index is 6.67.